The molecule has 0 atom stereocenters. The summed E-state index contributed by atoms with van der Waals surface area (Å²) < 4.78 is 29.1. The zero-order valence-electron chi connectivity index (χ0n) is 12.1. The zero-order chi connectivity index (χ0) is 15.5. The molecular weight excluding hydrogens is 290 g/mol. The van der Waals surface area contributed by atoms with Crippen molar-refractivity contribution in [2.75, 3.05) is 6.54 Å². The minimum Gasteiger partial charge on any atom is -0.329 e. The van der Waals surface area contributed by atoms with Crippen LogP contribution < -0.4 is 10.5 Å². The van der Waals surface area contributed by atoms with Gasteiger partial charge in [-0.05, 0) is 31.5 Å². The molecule has 2 rings (SSSR count). The van der Waals surface area contributed by atoms with Crippen LogP contribution in [0.5, 0.6) is 0 Å². The second-order valence-electron chi connectivity index (χ2n) is 4.69. The Bertz CT molecular complexity index is 710. The lowest BCUT2D eigenvalue weighted by molar-refractivity contribution is 0.577. The molecule has 0 aliphatic heterocycles. The number of hydrogen-bond acceptors (Lipinski definition) is 5. The van der Waals surface area contributed by atoms with Gasteiger partial charge >= 0.3 is 0 Å². The second-order valence-corrected chi connectivity index (χ2v) is 6.40. The molecule has 8 heteroatoms. The molecule has 0 bridgehead atoms. The van der Waals surface area contributed by atoms with Gasteiger partial charge in [0.05, 0.1) is 17.9 Å². The summed E-state index contributed by atoms with van der Waals surface area (Å²) in [5, 5.41) is 4.23. The number of nitrogens with one attached hydrogen (secondary N) is 1. The molecule has 0 aliphatic rings. The van der Waals surface area contributed by atoms with E-state index in [2.05, 4.69) is 14.8 Å². The molecule has 0 radical (unpaired) electrons. The molecule has 0 saturated carbocycles. The standard InChI is InChI=1S/C13H19N5O2S/c1-10-13(11(2)18(17-10)8-5-14)21(19,20)16-9-12-3-6-15-7-4-12/h3-4,6-7,16H,5,8-9,14H2,1-2H3. The largest absolute Gasteiger partial charge is 0.329 e. The molecule has 0 aromatic carbocycles. The van der Waals surface area contributed by atoms with E-state index in [1.165, 1.54) is 0 Å². The van der Waals surface area contributed by atoms with E-state index < -0.39 is 10.0 Å². The average molecular weight is 309 g/mol. The summed E-state index contributed by atoms with van der Waals surface area (Å²) in [4.78, 5) is 4.12. The van der Waals surface area contributed by atoms with Gasteiger partial charge in [0.1, 0.15) is 4.90 Å². The summed E-state index contributed by atoms with van der Waals surface area (Å²) in [7, 11) is -3.61. The maximum absolute atomic E-state index is 12.5. The van der Waals surface area contributed by atoms with Crippen molar-refractivity contribution in [3.63, 3.8) is 0 Å². The highest BCUT2D eigenvalue weighted by Gasteiger charge is 2.24. The van der Waals surface area contributed by atoms with Gasteiger partial charge in [0.2, 0.25) is 10.0 Å². The van der Waals surface area contributed by atoms with Crippen LogP contribution in [-0.2, 0) is 23.1 Å². The van der Waals surface area contributed by atoms with E-state index in [1.807, 2.05) is 0 Å². The van der Waals surface area contributed by atoms with Crippen molar-refractivity contribution in [1.82, 2.24) is 19.5 Å². The van der Waals surface area contributed by atoms with Gasteiger partial charge in [-0.1, -0.05) is 0 Å². The molecule has 0 unspecified atom stereocenters. The first-order valence-electron chi connectivity index (χ1n) is 6.58. The molecular formula is C13H19N5O2S. The Labute approximate surface area is 124 Å². The van der Waals surface area contributed by atoms with Crippen LogP contribution in [0.1, 0.15) is 17.0 Å². The van der Waals surface area contributed by atoms with Crippen molar-refractivity contribution in [2.24, 2.45) is 5.73 Å². The fourth-order valence-corrected chi connectivity index (χ4v) is 3.59. The zero-order valence-corrected chi connectivity index (χ0v) is 12.9. The third-order valence-corrected chi connectivity index (χ3v) is 4.79. The smallest absolute Gasteiger partial charge is 0.244 e. The van der Waals surface area contributed by atoms with Crippen molar-refractivity contribution < 1.29 is 8.42 Å². The minimum absolute atomic E-state index is 0.214. The SMILES string of the molecule is Cc1nn(CCN)c(C)c1S(=O)(=O)NCc1ccncc1. The number of nitrogens with two attached hydrogens (primary N) is 1. The summed E-state index contributed by atoms with van der Waals surface area (Å²) in [6.07, 6.45) is 3.25. The number of aryl methyl sites for hydroxylation is 1. The molecule has 0 fully saturated rings. The van der Waals surface area contributed by atoms with Gasteiger partial charge in [0, 0.05) is 25.5 Å². The quantitative estimate of drug-likeness (QED) is 0.800. The van der Waals surface area contributed by atoms with Crippen LogP contribution in [0.2, 0.25) is 0 Å². The highest BCUT2D eigenvalue weighted by molar-refractivity contribution is 7.89. The predicted octanol–water partition coefficient (Wildman–Crippen LogP) is 0.332. The van der Waals surface area contributed by atoms with Crippen LogP contribution in [0.15, 0.2) is 29.4 Å². The molecule has 0 amide bonds. The minimum atomic E-state index is -3.61. The average Bonchev–Trinajstić information content (AvgIpc) is 2.73. The highest BCUT2D eigenvalue weighted by Crippen LogP contribution is 2.19. The summed E-state index contributed by atoms with van der Waals surface area (Å²) in [6.45, 7) is 4.53. The van der Waals surface area contributed by atoms with Crippen LogP contribution in [-0.4, -0.2) is 29.7 Å². The number of nitrogens with zero attached hydrogens (tertiary/aromatic N) is 3. The molecule has 21 heavy (non-hydrogen) atoms. The van der Waals surface area contributed by atoms with Crippen molar-refractivity contribution in [1.29, 1.82) is 0 Å². The highest BCUT2D eigenvalue weighted by atomic mass is 32.2. The molecule has 2 aromatic heterocycles. The van der Waals surface area contributed by atoms with Gasteiger partial charge in [-0.3, -0.25) is 9.67 Å². The number of pyridine rings is 1. The third-order valence-electron chi connectivity index (χ3n) is 3.14. The summed E-state index contributed by atoms with van der Waals surface area (Å²) in [5.41, 5.74) is 7.42. The number of rotatable bonds is 6. The molecule has 114 valence electrons. The number of aromatic nitrogens is 3. The van der Waals surface area contributed by atoms with Crippen molar-refractivity contribution in [2.45, 2.75) is 31.8 Å². The Morgan fingerprint density at radius 2 is 1.95 bits per heavy atom. The van der Waals surface area contributed by atoms with Gasteiger partial charge < -0.3 is 5.73 Å². The lowest BCUT2D eigenvalue weighted by Crippen LogP contribution is -2.24. The van der Waals surface area contributed by atoms with Gasteiger partial charge in [-0.15, -0.1) is 0 Å². The molecule has 2 heterocycles. The van der Waals surface area contributed by atoms with Crippen molar-refractivity contribution in [3.8, 4) is 0 Å². The second kappa shape index (κ2) is 6.33. The van der Waals surface area contributed by atoms with Crippen LogP contribution in [0.4, 0.5) is 0 Å². The van der Waals surface area contributed by atoms with Crippen LogP contribution in [0.25, 0.3) is 0 Å². The Hall–Kier alpha value is -1.77. The fraction of sp³-hybridized carbons (Fsp3) is 0.385. The van der Waals surface area contributed by atoms with Crippen molar-refractivity contribution in [3.05, 3.63) is 41.5 Å². The Morgan fingerprint density at radius 1 is 1.29 bits per heavy atom. The Morgan fingerprint density at radius 3 is 2.57 bits per heavy atom. The number of sulfonamides is 1. The fourth-order valence-electron chi connectivity index (χ4n) is 2.16. The Balaban J connectivity index is 2.24. The molecule has 3 N–H and O–H groups in total. The normalized spacial score (nSPS) is 11.8. The van der Waals surface area contributed by atoms with E-state index in [0.29, 0.717) is 24.5 Å². The molecule has 2 aromatic rings. The summed E-state index contributed by atoms with van der Waals surface area (Å²) >= 11 is 0. The van der Waals surface area contributed by atoms with Crippen LogP contribution in [0, 0.1) is 13.8 Å². The summed E-state index contributed by atoms with van der Waals surface area (Å²) in [5.74, 6) is 0. The monoisotopic (exact) mass is 309 g/mol. The van der Waals surface area contributed by atoms with Crippen LogP contribution in [0.3, 0.4) is 0 Å². The Kier molecular flexibility index (Phi) is 4.71. The topological polar surface area (TPSA) is 103 Å². The summed E-state index contributed by atoms with van der Waals surface area (Å²) in [6, 6.07) is 3.53. The van der Waals surface area contributed by atoms with E-state index in [4.69, 9.17) is 5.73 Å². The van der Waals surface area contributed by atoms with Crippen LogP contribution >= 0.6 is 0 Å². The maximum Gasteiger partial charge on any atom is 0.244 e. The first-order valence-corrected chi connectivity index (χ1v) is 8.06. The third kappa shape index (κ3) is 3.46. The molecule has 7 nitrogen and oxygen atoms in total. The first-order chi connectivity index (χ1) is 9.95. The van der Waals surface area contributed by atoms with Gasteiger partial charge in [-0.2, -0.15) is 5.10 Å². The van der Waals surface area contributed by atoms with Gasteiger partial charge in [-0.25, -0.2) is 13.1 Å². The van der Waals surface area contributed by atoms with E-state index in [9.17, 15) is 8.42 Å². The van der Waals surface area contributed by atoms with E-state index in [-0.39, 0.29) is 11.4 Å². The maximum atomic E-state index is 12.5. The lowest BCUT2D eigenvalue weighted by Gasteiger charge is -2.07. The molecule has 0 spiro atoms. The van der Waals surface area contributed by atoms with Gasteiger partial charge in [0.15, 0.2) is 0 Å². The predicted molar refractivity (Wildman–Crippen MR) is 79.0 cm³/mol. The van der Waals surface area contributed by atoms with E-state index in [1.54, 1.807) is 43.1 Å². The van der Waals surface area contributed by atoms with Gasteiger partial charge in [0.25, 0.3) is 0 Å². The van der Waals surface area contributed by atoms with E-state index in [0.717, 1.165) is 5.56 Å². The van der Waals surface area contributed by atoms with Crippen molar-refractivity contribution >= 4 is 10.0 Å². The lowest BCUT2D eigenvalue weighted by atomic mass is 10.3. The molecule has 0 aliphatic carbocycles. The first kappa shape index (κ1) is 15.6. The molecule has 0 saturated heterocycles. The number of hydrogen-bond donors (Lipinski definition) is 2. The van der Waals surface area contributed by atoms with E-state index >= 15 is 0 Å².